The molecule has 2 amide bonds. The van der Waals surface area contributed by atoms with Crippen LogP contribution in [0.3, 0.4) is 0 Å². The molecule has 0 spiro atoms. The highest BCUT2D eigenvalue weighted by molar-refractivity contribution is 8.00. The van der Waals surface area contributed by atoms with Gasteiger partial charge in [0.25, 0.3) is 0 Å². The van der Waals surface area contributed by atoms with Crippen molar-refractivity contribution in [2.24, 2.45) is 0 Å². The van der Waals surface area contributed by atoms with Crippen LogP contribution in [0.1, 0.15) is 51.4 Å². The van der Waals surface area contributed by atoms with Gasteiger partial charge in [-0.2, -0.15) is 4.31 Å². The fourth-order valence-corrected chi connectivity index (χ4v) is 7.31. The van der Waals surface area contributed by atoms with Crippen molar-refractivity contribution in [3.63, 3.8) is 0 Å². The maximum absolute atomic E-state index is 13.1. The molecule has 0 aromatic heterocycles. The summed E-state index contributed by atoms with van der Waals surface area (Å²) >= 11 is 1.38. The number of sulfonamides is 1. The Bertz CT molecular complexity index is 971. The molecule has 2 saturated heterocycles. The van der Waals surface area contributed by atoms with Gasteiger partial charge in [0.1, 0.15) is 6.54 Å². The van der Waals surface area contributed by atoms with E-state index in [1.54, 1.807) is 18.2 Å². The molecular formula is C24H36N4O4S2. The maximum atomic E-state index is 13.1. The first-order valence-electron chi connectivity index (χ1n) is 12.5. The van der Waals surface area contributed by atoms with E-state index in [0.717, 1.165) is 50.2 Å². The molecule has 2 fully saturated rings. The monoisotopic (exact) mass is 508 g/mol. The second-order valence-electron chi connectivity index (χ2n) is 9.32. The van der Waals surface area contributed by atoms with Gasteiger partial charge in [0.05, 0.1) is 16.3 Å². The number of rotatable bonds is 8. The zero-order valence-electron chi connectivity index (χ0n) is 19.8. The fourth-order valence-electron chi connectivity index (χ4n) is 4.86. The summed E-state index contributed by atoms with van der Waals surface area (Å²) in [7, 11) is -3.61. The second-order valence-corrected chi connectivity index (χ2v) is 12.3. The van der Waals surface area contributed by atoms with E-state index in [1.165, 1.54) is 46.7 Å². The van der Waals surface area contributed by atoms with Crippen LogP contribution < -0.4 is 10.2 Å². The van der Waals surface area contributed by atoms with E-state index in [2.05, 4.69) is 10.2 Å². The van der Waals surface area contributed by atoms with E-state index in [9.17, 15) is 18.0 Å². The van der Waals surface area contributed by atoms with E-state index >= 15 is 0 Å². The summed E-state index contributed by atoms with van der Waals surface area (Å²) in [6.07, 6.45) is 8.75. The number of anilines is 1. The van der Waals surface area contributed by atoms with Gasteiger partial charge in [-0.15, -0.1) is 11.8 Å². The molecule has 0 radical (unpaired) electrons. The zero-order valence-corrected chi connectivity index (χ0v) is 21.5. The van der Waals surface area contributed by atoms with Crippen molar-refractivity contribution in [2.45, 2.75) is 61.2 Å². The Balaban J connectivity index is 1.37. The Morgan fingerprint density at radius 1 is 0.971 bits per heavy atom. The average molecular weight is 509 g/mol. The van der Waals surface area contributed by atoms with Crippen molar-refractivity contribution in [1.29, 1.82) is 0 Å². The summed E-state index contributed by atoms with van der Waals surface area (Å²) in [4.78, 5) is 30.2. The number of nitrogens with one attached hydrogen (secondary N) is 1. The maximum Gasteiger partial charge on any atom is 0.243 e. The lowest BCUT2D eigenvalue weighted by atomic mass is 10.2. The van der Waals surface area contributed by atoms with Gasteiger partial charge in [0.2, 0.25) is 21.8 Å². The summed E-state index contributed by atoms with van der Waals surface area (Å²) in [5.41, 5.74) is 0.513. The van der Waals surface area contributed by atoms with Crippen molar-refractivity contribution >= 4 is 39.3 Å². The normalized spacial score (nSPS) is 20.6. The van der Waals surface area contributed by atoms with Gasteiger partial charge in [-0.1, -0.05) is 19.3 Å². The first-order chi connectivity index (χ1) is 16.4. The van der Waals surface area contributed by atoms with Gasteiger partial charge in [0.15, 0.2) is 0 Å². The number of hydrogen-bond donors (Lipinski definition) is 1. The lowest BCUT2D eigenvalue weighted by Gasteiger charge is -2.30. The molecule has 8 nitrogen and oxygen atoms in total. The third-order valence-corrected chi connectivity index (χ3v) is 9.74. The number of nitrogens with zero attached hydrogens (tertiary/aromatic N) is 3. The number of likely N-dealkylation sites (tertiary alicyclic amines) is 1. The number of fused-ring (bicyclic) bond motifs is 1. The topological polar surface area (TPSA) is 90.0 Å². The highest BCUT2D eigenvalue weighted by Crippen LogP contribution is 2.37. The van der Waals surface area contributed by atoms with Crippen molar-refractivity contribution in [3.05, 3.63) is 18.2 Å². The molecule has 10 heteroatoms. The van der Waals surface area contributed by atoms with Gasteiger partial charge in [-0.3, -0.25) is 9.59 Å². The Morgan fingerprint density at radius 2 is 1.65 bits per heavy atom. The van der Waals surface area contributed by atoms with Gasteiger partial charge in [-0.05, 0) is 69.9 Å². The molecule has 1 aromatic carbocycles. The van der Waals surface area contributed by atoms with Crippen LogP contribution in [0.15, 0.2) is 28.0 Å². The van der Waals surface area contributed by atoms with Crippen molar-refractivity contribution in [2.75, 3.05) is 56.5 Å². The molecule has 4 rings (SSSR count). The molecule has 0 atom stereocenters. The lowest BCUT2D eigenvalue weighted by molar-refractivity contribution is -0.123. The first kappa shape index (κ1) is 25.5. The van der Waals surface area contributed by atoms with Gasteiger partial charge in [-0.25, -0.2) is 8.42 Å². The Labute approximate surface area is 207 Å². The summed E-state index contributed by atoms with van der Waals surface area (Å²) in [5.74, 6) is -0.149. The minimum atomic E-state index is -3.61. The van der Waals surface area contributed by atoms with Crippen LogP contribution in [0.2, 0.25) is 0 Å². The quantitative estimate of drug-likeness (QED) is 0.543. The van der Waals surface area contributed by atoms with Crippen LogP contribution >= 0.6 is 11.8 Å². The zero-order chi connectivity index (χ0) is 24.0. The highest BCUT2D eigenvalue weighted by atomic mass is 32.2. The number of amides is 2. The predicted molar refractivity (Wildman–Crippen MR) is 135 cm³/mol. The number of piperidine rings is 1. The molecule has 34 heavy (non-hydrogen) atoms. The minimum absolute atomic E-state index is 0.0939. The van der Waals surface area contributed by atoms with Crippen LogP contribution in [0.25, 0.3) is 0 Å². The van der Waals surface area contributed by atoms with E-state index < -0.39 is 10.0 Å². The third kappa shape index (κ3) is 6.33. The number of hydrogen-bond acceptors (Lipinski definition) is 6. The summed E-state index contributed by atoms with van der Waals surface area (Å²) in [5, 5.41) is 2.94. The summed E-state index contributed by atoms with van der Waals surface area (Å²) in [6.45, 7) is 4.76. The van der Waals surface area contributed by atoms with Gasteiger partial charge >= 0.3 is 0 Å². The molecule has 3 heterocycles. The van der Waals surface area contributed by atoms with E-state index in [4.69, 9.17) is 0 Å². The Hall–Kier alpha value is -1.62. The van der Waals surface area contributed by atoms with Gasteiger partial charge < -0.3 is 15.1 Å². The van der Waals surface area contributed by atoms with E-state index in [0.29, 0.717) is 25.3 Å². The van der Waals surface area contributed by atoms with Crippen LogP contribution in [0.5, 0.6) is 0 Å². The average Bonchev–Trinajstić information content (AvgIpc) is 3.13. The molecule has 3 aliphatic heterocycles. The number of carbonyl (C=O) groups excluding carboxylic acids is 2. The molecule has 0 saturated carbocycles. The molecule has 0 bridgehead atoms. The summed E-state index contributed by atoms with van der Waals surface area (Å²) < 4.78 is 27.8. The molecule has 1 N–H and O–H groups in total. The number of thioether (sulfide) groups is 1. The molecule has 188 valence electrons. The smallest absolute Gasteiger partial charge is 0.243 e. The Morgan fingerprint density at radius 3 is 2.38 bits per heavy atom. The largest absolute Gasteiger partial charge is 0.355 e. The second kappa shape index (κ2) is 11.9. The lowest BCUT2D eigenvalue weighted by Crippen LogP contribution is -2.44. The Kier molecular flexibility index (Phi) is 8.90. The van der Waals surface area contributed by atoms with Crippen molar-refractivity contribution in [1.82, 2.24) is 14.5 Å². The minimum Gasteiger partial charge on any atom is -0.355 e. The van der Waals surface area contributed by atoms with Crippen LogP contribution in [-0.4, -0.2) is 81.0 Å². The fraction of sp³-hybridized carbons (Fsp3) is 0.667. The first-order valence-corrected chi connectivity index (χ1v) is 14.9. The molecular weight excluding hydrogens is 472 g/mol. The standard InChI is InChI=1S/C24H36N4O4S2/c29-23(25-11-8-14-26-12-4-1-2-5-13-26)18-28-21-17-20(9-10-22(21)33-19-24(28)30)34(31,32)27-15-6-3-7-16-27/h9-10,17H,1-8,11-16,18-19H2,(H,25,29). The number of carbonyl (C=O) groups is 2. The highest BCUT2D eigenvalue weighted by Gasteiger charge is 2.31. The third-order valence-electron chi connectivity index (χ3n) is 6.80. The molecule has 3 aliphatic rings. The van der Waals surface area contributed by atoms with Crippen molar-refractivity contribution < 1.29 is 18.0 Å². The van der Waals surface area contributed by atoms with E-state index in [-0.39, 0.29) is 29.0 Å². The molecule has 0 unspecified atom stereocenters. The van der Waals surface area contributed by atoms with Gasteiger partial charge in [0, 0.05) is 24.5 Å². The van der Waals surface area contributed by atoms with E-state index in [1.807, 2.05) is 0 Å². The van der Waals surface area contributed by atoms with Crippen LogP contribution in [0, 0.1) is 0 Å². The molecule has 1 aromatic rings. The van der Waals surface area contributed by atoms with Crippen LogP contribution in [-0.2, 0) is 19.6 Å². The van der Waals surface area contributed by atoms with Crippen molar-refractivity contribution in [3.8, 4) is 0 Å². The molecule has 0 aliphatic carbocycles. The SMILES string of the molecule is O=C(CN1C(=O)CSc2ccc(S(=O)(=O)N3CCCCC3)cc21)NCCCN1CCCCCC1. The van der Waals surface area contributed by atoms with Crippen LogP contribution in [0.4, 0.5) is 5.69 Å². The predicted octanol–water partition coefficient (Wildman–Crippen LogP) is 2.68. The summed E-state index contributed by atoms with van der Waals surface area (Å²) in [6, 6.07) is 4.94. The number of benzene rings is 1.